The van der Waals surface area contributed by atoms with Gasteiger partial charge < -0.3 is 4.57 Å². The standard InChI is InChI=1S/C16H21ClN2S/c1-16(2,3)13-7-5-12(6-8-13)11-20-15-18-10-14(9-17)19(15)4/h5-8,10H,9,11H2,1-4H3. The fourth-order valence-electron chi connectivity index (χ4n) is 1.93. The third-order valence-corrected chi connectivity index (χ3v) is 4.76. The molecule has 0 spiro atoms. The first kappa shape index (κ1) is 15.5. The normalized spacial score (nSPS) is 11.8. The molecular formula is C16H21ClN2S. The molecule has 0 N–H and O–H groups in total. The summed E-state index contributed by atoms with van der Waals surface area (Å²) in [4.78, 5) is 4.40. The van der Waals surface area contributed by atoms with E-state index in [1.807, 2.05) is 13.2 Å². The maximum atomic E-state index is 5.85. The van der Waals surface area contributed by atoms with Crippen LogP contribution in [0.5, 0.6) is 0 Å². The van der Waals surface area contributed by atoms with Crippen LogP contribution in [0, 0.1) is 0 Å². The topological polar surface area (TPSA) is 17.8 Å². The molecule has 1 aromatic heterocycles. The Morgan fingerprint density at radius 3 is 2.35 bits per heavy atom. The Balaban J connectivity index is 2.02. The van der Waals surface area contributed by atoms with Crippen molar-refractivity contribution in [2.75, 3.05) is 0 Å². The number of hydrogen-bond donors (Lipinski definition) is 0. The van der Waals surface area contributed by atoms with Crippen molar-refractivity contribution >= 4 is 23.4 Å². The van der Waals surface area contributed by atoms with E-state index in [2.05, 4.69) is 54.6 Å². The predicted molar refractivity (Wildman–Crippen MR) is 87.5 cm³/mol. The summed E-state index contributed by atoms with van der Waals surface area (Å²) in [6.07, 6.45) is 1.85. The molecule has 0 aliphatic rings. The van der Waals surface area contributed by atoms with Crippen LogP contribution in [0.2, 0.25) is 0 Å². The monoisotopic (exact) mass is 308 g/mol. The molecule has 0 unspecified atom stereocenters. The lowest BCUT2D eigenvalue weighted by atomic mass is 9.87. The Labute approximate surface area is 130 Å². The molecule has 2 nitrogen and oxygen atoms in total. The summed E-state index contributed by atoms with van der Waals surface area (Å²) in [6, 6.07) is 8.86. The molecule has 0 radical (unpaired) electrons. The first-order valence-electron chi connectivity index (χ1n) is 6.70. The van der Waals surface area contributed by atoms with E-state index < -0.39 is 0 Å². The predicted octanol–water partition coefficient (Wildman–Crippen LogP) is 4.75. The van der Waals surface area contributed by atoms with Gasteiger partial charge in [0.2, 0.25) is 0 Å². The second-order valence-electron chi connectivity index (χ2n) is 5.96. The maximum Gasteiger partial charge on any atom is 0.168 e. The summed E-state index contributed by atoms with van der Waals surface area (Å²) in [5, 5.41) is 1.01. The summed E-state index contributed by atoms with van der Waals surface area (Å²) in [5.74, 6) is 1.43. The highest BCUT2D eigenvalue weighted by atomic mass is 35.5. The van der Waals surface area contributed by atoms with Gasteiger partial charge in [-0.1, -0.05) is 56.8 Å². The number of aromatic nitrogens is 2. The van der Waals surface area contributed by atoms with Gasteiger partial charge >= 0.3 is 0 Å². The average molecular weight is 309 g/mol. The van der Waals surface area contributed by atoms with E-state index >= 15 is 0 Å². The zero-order valence-electron chi connectivity index (χ0n) is 12.5. The fourth-order valence-corrected chi connectivity index (χ4v) is 3.11. The number of hydrogen-bond acceptors (Lipinski definition) is 2. The Kier molecular flexibility index (Phi) is 4.82. The molecule has 2 rings (SSSR count). The van der Waals surface area contributed by atoms with Crippen molar-refractivity contribution in [3.63, 3.8) is 0 Å². The smallest absolute Gasteiger partial charge is 0.168 e. The van der Waals surface area contributed by atoms with Crippen LogP contribution in [-0.4, -0.2) is 9.55 Å². The van der Waals surface area contributed by atoms with Crippen LogP contribution < -0.4 is 0 Å². The minimum Gasteiger partial charge on any atom is -0.325 e. The molecule has 20 heavy (non-hydrogen) atoms. The number of alkyl halides is 1. The quantitative estimate of drug-likeness (QED) is 0.599. The molecule has 1 heterocycles. The van der Waals surface area contributed by atoms with E-state index in [0.29, 0.717) is 5.88 Å². The Morgan fingerprint density at radius 1 is 1.20 bits per heavy atom. The van der Waals surface area contributed by atoms with Crippen LogP contribution in [0.25, 0.3) is 0 Å². The molecule has 2 aromatic rings. The number of halogens is 1. The van der Waals surface area contributed by atoms with Gasteiger partial charge in [-0.15, -0.1) is 11.6 Å². The minimum absolute atomic E-state index is 0.209. The van der Waals surface area contributed by atoms with Crippen molar-refractivity contribution in [1.82, 2.24) is 9.55 Å². The van der Waals surface area contributed by atoms with Gasteiger partial charge in [-0.2, -0.15) is 0 Å². The lowest BCUT2D eigenvalue weighted by Gasteiger charge is -2.19. The largest absolute Gasteiger partial charge is 0.325 e. The molecule has 0 saturated carbocycles. The second kappa shape index (κ2) is 6.23. The van der Waals surface area contributed by atoms with E-state index in [0.717, 1.165) is 16.6 Å². The molecule has 0 bridgehead atoms. The third-order valence-electron chi connectivity index (χ3n) is 3.37. The number of thioether (sulfide) groups is 1. The first-order chi connectivity index (χ1) is 9.41. The molecule has 0 atom stereocenters. The molecule has 0 aliphatic carbocycles. The van der Waals surface area contributed by atoms with Gasteiger partial charge in [-0.05, 0) is 16.5 Å². The number of imidazole rings is 1. The van der Waals surface area contributed by atoms with Crippen LogP contribution in [-0.2, 0) is 24.1 Å². The highest BCUT2D eigenvalue weighted by Gasteiger charge is 2.13. The molecule has 0 saturated heterocycles. The van der Waals surface area contributed by atoms with Crippen molar-refractivity contribution in [2.45, 2.75) is 43.0 Å². The summed E-state index contributed by atoms with van der Waals surface area (Å²) in [7, 11) is 2.01. The van der Waals surface area contributed by atoms with E-state index in [4.69, 9.17) is 11.6 Å². The molecule has 4 heteroatoms. The van der Waals surface area contributed by atoms with Crippen molar-refractivity contribution in [3.8, 4) is 0 Å². The number of benzene rings is 1. The lowest BCUT2D eigenvalue weighted by molar-refractivity contribution is 0.590. The van der Waals surface area contributed by atoms with E-state index in [9.17, 15) is 0 Å². The molecule has 0 amide bonds. The average Bonchev–Trinajstić information content (AvgIpc) is 2.76. The third kappa shape index (κ3) is 3.58. The van der Waals surface area contributed by atoms with Gasteiger partial charge in [0.25, 0.3) is 0 Å². The van der Waals surface area contributed by atoms with Crippen molar-refractivity contribution in [3.05, 3.63) is 47.3 Å². The highest BCUT2D eigenvalue weighted by Crippen LogP contribution is 2.26. The van der Waals surface area contributed by atoms with Gasteiger partial charge in [-0.3, -0.25) is 0 Å². The molecular weight excluding hydrogens is 288 g/mol. The van der Waals surface area contributed by atoms with Gasteiger partial charge in [0.1, 0.15) is 0 Å². The Morgan fingerprint density at radius 2 is 1.85 bits per heavy atom. The summed E-state index contributed by atoms with van der Waals surface area (Å²) in [5.41, 5.74) is 3.95. The lowest BCUT2D eigenvalue weighted by Crippen LogP contribution is -2.10. The molecule has 0 fully saturated rings. The van der Waals surface area contributed by atoms with E-state index in [1.54, 1.807) is 11.8 Å². The summed E-state index contributed by atoms with van der Waals surface area (Å²) < 4.78 is 2.06. The number of rotatable bonds is 4. The molecule has 108 valence electrons. The highest BCUT2D eigenvalue weighted by molar-refractivity contribution is 7.98. The maximum absolute atomic E-state index is 5.85. The van der Waals surface area contributed by atoms with Crippen molar-refractivity contribution < 1.29 is 0 Å². The Bertz CT molecular complexity index is 567. The molecule has 1 aromatic carbocycles. The zero-order chi connectivity index (χ0) is 14.8. The number of nitrogens with zero attached hydrogens (tertiary/aromatic N) is 2. The first-order valence-corrected chi connectivity index (χ1v) is 8.22. The van der Waals surface area contributed by atoms with Crippen molar-refractivity contribution in [1.29, 1.82) is 0 Å². The fraction of sp³-hybridized carbons (Fsp3) is 0.438. The van der Waals surface area contributed by atoms with Gasteiger partial charge in [-0.25, -0.2) is 4.98 Å². The van der Waals surface area contributed by atoms with Gasteiger partial charge in [0, 0.05) is 12.8 Å². The zero-order valence-corrected chi connectivity index (χ0v) is 14.1. The van der Waals surface area contributed by atoms with Crippen LogP contribution in [0.15, 0.2) is 35.6 Å². The van der Waals surface area contributed by atoms with Crippen molar-refractivity contribution in [2.24, 2.45) is 7.05 Å². The molecule has 0 aliphatic heterocycles. The Hall–Kier alpha value is -0.930. The summed E-state index contributed by atoms with van der Waals surface area (Å²) in [6.45, 7) is 6.70. The van der Waals surface area contributed by atoms with Gasteiger partial charge in [0.05, 0.1) is 17.8 Å². The second-order valence-corrected chi connectivity index (χ2v) is 7.17. The van der Waals surface area contributed by atoms with Gasteiger partial charge in [0.15, 0.2) is 5.16 Å². The summed E-state index contributed by atoms with van der Waals surface area (Å²) >= 11 is 7.60. The van der Waals surface area contributed by atoms with E-state index in [-0.39, 0.29) is 5.41 Å². The SMILES string of the molecule is Cn1c(CCl)cnc1SCc1ccc(C(C)(C)C)cc1. The van der Waals surface area contributed by atoms with E-state index in [1.165, 1.54) is 11.1 Å². The van der Waals surface area contributed by atoms with Crippen LogP contribution in [0.3, 0.4) is 0 Å². The van der Waals surface area contributed by atoms with Crippen LogP contribution >= 0.6 is 23.4 Å². The minimum atomic E-state index is 0.209. The van der Waals surface area contributed by atoms with Crippen LogP contribution in [0.1, 0.15) is 37.6 Å². The van der Waals surface area contributed by atoms with Crippen LogP contribution in [0.4, 0.5) is 0 Å².